The summed E-state index contributed by atoms with van der Waals surface area (Å²) in [6, 6.07) is 4.22. The van der Waals surface area contributed by atoms with Crippen LogP contribution < -0.4 is 10.6 Å². The summed E-state index contributed by atoms with van der Waals surface area (Å²) < 4.78 is 0. The van der Waals surface area contributed by atoms with E-state index < -0.39 is 17.9 Å². The number of halogens is 1. The summed E-state index contributed by atoms with van der Waals surface area (Å²) in [6.45, 7) is 0.633. The summed E-state index contributed by atoms with van der Waals surface area (Å²) in [4.78, 5) is 24.1. The molecule has 1 aliphatic heterocycles. The molecular weight excluding hydrogens is 288 g/mol. The third kappa shape index (κ3) is 2.96. The lowest BCUT2D eigenvalue weighted by Crippen LogP contribution is -2.47. The standard InChI is InChI=1S/C12H13ClN2O3S/c13-9-5-7(1-2-8(9)11(14)16)15-3-4-19-6-10(15)12(17)18/h1-2,5,10H,3-4,6H2,(H2,14,16)(H,17,18). The van der Waals surface area contributed by atoms with Crippen molar-refractivity contribution < 1.29 is 14.7 Å². The predicted molar refractivity (Wildman–Crippen MR) is 76.1 cm³/mol. The zero-order chi connectivity index (χ0) is 14.0. The second kappa shape index (κ2) is 5.71. The van der Waals surface area contributed by atoms with Crippen molar-refractivity contribution in [3.8, 4) is 0 Å². The summed E-state index contributed by atoms with van der Waals surface area (Å²) in [5.41, 5.74) is 6.12. The van der Waals surface area contributed by atoms with Crippen LogP contribution in [-0.4, -0.2) is 41.1 Å². The van der Waals surface area contributed by atoms with E-state index in [0.717, 1.165) is 5.75 Å². The average molecular weight is 301 g/mol. The Balaban J connectivity index is 2.32. The highest BCUT2D eigenvalue weighted by atomic mass is 35.5. The molecule has 3 N–H and O–H groups in total. The molecule has 0 saturated carbocycles. The van der Waals surface area contributed by atoms with Gasteiger partial charge in [0.1, 0.15) is 6.04 Å². The Kier molecular flexibility index (Phi) is 4.21. The molecule has 0 aromatic heterocycles. The molecule has 1 atom stereocenters. The second-order valence-electron chi connectivity index (χ2n) is 4.15. The van der Waals surface area contributed by atoms with E-state index in [-0.39, 0.29) is 10.6 Å². The molecule has 1 heterocycles. The van der Waals surface area contributed by atoms with Gasteiger partial charge in [0, 0.05) is 23.7 Å². The fourth-order valence-electron chi connectivity index (χ4n) is 2.00. The van der Waals surface area contributed by atoms with Crippen LogP contribution in [0, 0.1) is 0 Å². The van der Waals surface area contributed by atoms with E-state index in [1.165, 1.54) is 6.07 Å². The maximum Gasteiger partial charge on any atom is 0.327 e. The highest BCUT2D eigenvalue weighted by Gasteiger charge is 2.29. The number of rotatable bonds is 3. The first-order valence-electron chi connectivity index (χ1n) is 5.67. The van der Waals surface area contributed by atoms with Gasteiger partial charge in [-0.15, -0.1) is 0 Å². The minimum absolute atomic E-state index is 0.240. The monoisotopic (exact) mass is 300 g/mol. The molecule has 7 heteroatoms. The number of amides is 1. The van der Waals surface area contributed by atoms with Crippen LogP contribution in [0.2, 0.25) is 5.02 Å². The summed E-state index contributed by atoms with van der Waals surface area (Å²) >= 11 is 7.60. The maximum absolute atomic E-state index is 11.2. The van der Waals surface area contributed by atoms with Crippen molar-refractivity contribution in [3.63, 3.8) is 0 Å². The number of nitrogens with two attached hydrogens (primary N) is 1. The first kappa shape index (κ1) is 14.0. The molecule has 1 saturated heterocycles. The van der Waals surface area contributed by atoms with Crippen molar-refractivity contribution in [2.45, 2.75) is 6.04 Å². The Bertz CT molecular complexity index is 524. The number of nitrogens with zero attached hydrogens (tertiary/aromatic N) is 1. The largest absolute Gasteiger partial charge is 0.480 e. The van der Waals surface area contributed by atoms with Gasteiger partial charge in [-0.25, -0.2) is 4.79 Å². The fraction of sp³-hybridized carbons (Fsp3) is 0.333. The number of carbonyl (C=O) groups excluding carboxylic acids is 1. The fourth-order valence-corrected chi connectivity index (χ4v) is 3.31. The van der Waals surface area contributed by atoms with Gasteiger partial charge >= 0.3 is 5.97 Å². The van der Waals surface area contributed by atoms with Gasteiger partial charge in [0.05, 0.1) is 10.6 Å². The minimum atomic E-state index is -0.859. The van der Waals surface area contributed by atoms with Gasteiger partial charge in [0.25, 0.3) is 0 Å². The smallest absolute Gasteiger partial charge is 0.327 e. The van der Waals surface area contributed by atoms with Gasteiger partial charge in [-0.2, -0.15) is 11.8 Å². The Morgan fingerprint density at radius 3 is 2.79 bits per heavy atom. The molecule has 1 aromatic carbocycles. The number of aliphatic carboxylic acids is 1. The predicted octanol–water partition coefficient (Wildman–Crippen LogP) is 1.45. The lowest BCUT2D eigenvalue weighted by molar-refractivity contribution is -0.138. The topological polar surface area (TPSA) is 83.6 Å². The number of carboxylic acids is 1. The number of primary amides is 1. The highest BCUT2D eigenvalue weighted by molar-refractivity contribution is 7.99. The van der Waals surface area contributed by atoms with Gasteiger partial charge in [-0.3, -0.25) is 4.79 Å². The Labute approximate surface area is 119 Å². The van der Waals surface area contributed by atoms with Crippen LogP contribution >= 0.6 is 23.4 Å². The molecule has 1 unspecified atom stereocenters. The van der Waals surface area contributed by atoms with Crippen molar-refractivity contribution in [1.82, 2.24) is 0 Å². The van der Waals surface area contributed by atoms with Gasteiger partial charge < -0.3 is 15.7 Å². The average Bonchev–Trinajstić information content (AvgIpc) is 2.38. The molecule has 19 heavy (non-hydrogen) atoms. The SMILES string of the molecule is NC(=O)c1ccc(N2CCSCC2C(=O)O)cc1Cl. The lowest BCUT2D eigenvalue weighted by Gasteiger charge is -2.34. The molecule has 1 fully saturated rings. The molecule has 102 valence electrons. The van der Waals surface area contributed by atoms with E-state index in [1.54, 1.807) is 28.8 Å². The van der Waals surface area contributed by atoms with E-state index in [9.17, 15) is 14.7 Å². The van der Waals surface area contributed by atoms with Gasteiger partial charge in [-0.1, -0.05) is 11.6 Å². The Morgan fingerprint density at radius 1 is 1.47 bits per heavy atom. The second-order valence-corrected chi connectivity index (χ2v) is 5.71. The number of anilines is 1. The molecule has 0 bridgehead atoms. The molecule has 0 radical (unpaired) electrons. The molecule has 1 amide bonds. The first-order chi connectivity index (χ1) is 9.00. The van der Waals surface area contributed by atoms with Crippen molar-refractivity contribution in [2.24, 2.45) is 5.73 Å². The van der Waals surface area contributed by atoms with Crippen LogP contribution in [0.5, 0.6) is 0 Å². The van der Waals surface area contributed by atoms with Gasteiger partial charge in [0.2, 0.25) is 5.91 Å². The molecule has 0 aliphatic carbocycles. The number of hydrogen-bond donors (Lipinski definition) is 2. The zero-order valence-corrected chi connectivity index (χ0v) is 11.6. The van der Waals surface area contributed by atoms with E-state index >= 15 is 0 Å². The van der Waals surface area contributed by atoms with Crippen molar-refractivity contribution in [2.75, 3.05) is 23.0 Å². The van der Waals surface area contributed by atoms with Crippen molar-refractivity contribution >= 4 is 40.9 Å². The normalized spacial score (nSPS) is 19.2. The molecule has 5 nitrogen and oxygen atoms in total. The van der Waals surface area contributed by atoms with Crippen molar-refractivity contribution in [1.29, 1.82) is 0 Å². The van der Waals surface area contributed by atoms with Crippen LogP contribution in [0.1, 0.15) is 10.4 Å². The quantitative estimate of drug-likeness (QED) is 0.882. The van der Waals surface area contributed by atoms with E-state index in [2.05, 4.69) is 0 Å². The third-order valence-electron chi connectivity index (χ3n) is 2.96. The van der Waals surface area contributed by atoms with E-state index in [1.807, 2.05) is 0 Å². The van der Waals surface area contributed by atoms with Crippen LogP contribution in [0.25, 0.3) is 0 Å². The summed E-state index contributed by atoms with van der Waals surface area (Å²) in [6.07, 6.45) is 0. The Morgan fingerprint density at radius 2 is 2.21 bits per heavy atom. The molecule has 0 spiro atoms. The van der Waals surface area contributed by atoms with E-state index in [4.69, 9.17) is 17.3 Å². The number of hydrogen-bond acceptors (Lipinski definition) is 4. The van der Waals surface area contributed by atoms with Crippen LogP contribution in [-0.2, 0) is 4.79 Å². The van der Waals surface area contributed by atoms with E-state index in [0.29, 0.717) is 18.0 Å². The molecule has 1 aliphatic rings. The summed E-state index contributed by atoms with van der Waals surface area (Å²) in [5, 5.41) is 9.46. The molecule has 2 rings (SSSR count). The number of carbonyl (C=O) groups is 2. The van der Waals surface area contributed by atoms with Crippen LogP contribution in [0.3, 0.4) is 0 Å². The zero-order valence-electron chi connectivity index (χ0n) is 10.0. The Hall–Kier alpha value is -1.40. The number of benzene rings is 1. The van der Waals surface area contributed by atoms with Crippen molar-refractivity contribution in [3.05, 3.63) is 28.8 Å². The third-order valence-corrected chi connectivity index (χ3v) is 4.30. The lowest BCUT2D eigenvalue weighted by atomic mass is 10.1. The molecule has 1 aromatic rings. The van der Waals surface area contributed by atoms with Crippen LogP contribution in [0.15, 0.2) is 18.2 Å². The van der Waals surface area contributed by atoms with Gasteiger partial charge in [0.15, 0.2) is 0 Å². The number of thioether (sulfide) groups is 1. The highest BCUT2D eigenvalue weighted by Crippen LogP contribution is 2.28. The maximum atomic E-state index is 11.2. The minimum Gasteiger partial charge on any atom is -0.480 e. The summed E-state index contributed by atoms with van der Waals surface area (Å²) in [5.74, 6) is -0.0634. The van der Waals surface area contributed by atoms with Crippen LogP contribution in [0.4, 0.5) is 5.69 Å². The number of carboxylic acid groups (broad SMARTS) is 1. The molecular formula is C12H13ClN2O3S. The first-order valence-corrected chi connectivity index (χ1v) is 7.20. The van der Waals surface area contributed by atoms with Gasteiger partial charge in [-0.05, 0) is 18.2 Å². The summed E-state index contributed by atoms with van der Waals surface area (Å²) in [7, 11) is 0.